The average Bonchev–Trinajstić information content (AvgIpc) is 2.75. The van der Waals surface area contributed by atoms with Gasteiger partial charge in [0.05, 0.1) is 4.90 Å². The van der Waals surface area contributed by atoms with Crippen LogP contribution in [0.3, 0.4) is 0 Å². The summed E-state index contributed by atoms with van der Waals surface area (Å²) in [5.41, 5.74) is 1.72. The van der Waals surface area contributed by atoms with E-state index < -0.39 is 10.0 Å². The number of nitrogens with two attached hydrogens (primary N) is 1. The zero-order chi connectivity index (χ0) is 14.3. The normalized spacial score (nSPS) is 18.8. The molecule has 5 nitrogen and oxygen atoms in total. The lowest BCUT2D eigenvalue weighted by molar-refractivity contribution is -0.120. The Balaban J connectivity index is 1.81. The van der Waals surface area contributed by atoms with Crippen molar-refractivity contribution in [2.75, 3.05) is 11.4 Å². The van der Waals surface area contributed by atoms with E-state index in [1.54, 1.807) is 17.0 Å². The molecule has 1 aromatic carbocycles. The molecule has 1 aliphatic carbocycles. The maximum absolute atomic E-state index is 12.3. The second-order valence-corrected chi connectivity index (χ2v) is 7.19. The van der Waals surface area contributed by atoms with E-state index in [-0.39, 0.29) is 10.8 Å². The molecule has 108 valence electrons. The van der Waals surface area contributed by atoms with Crippen LogP contribution in [0, 0.1) is 5.92 Å². The molecule has 6 heteroatoms. The van der Waals surface area contributed by atoms with E-state index >= 15 is 0 Å². The minimum absolute atomic E-state index is 0.115. The summed E-state index contributed by atoms with van der Waals surface area (Å²) in [5.74, 6) is 0.687. The summed E-state index contributed by atoms with van der Waals surface area (Å²) < 4.78 is 22.7. The summed E-state index contributed by atoms with van der Waals surface area (Å²) in [6.45, 7) is 0.634. The van der Waals surface area contributed by atoms with Gasteiger partial charge in [-0.15, -0.1) is 0 Å². The van der Waals surface area contributed by atoms with Gasteiger partial charge in [0, 0.05) is 18.7 Å². The van der Waals surface area contributed by atoms with Gasteiger partial charge in [-0.05, 0) is 48.9 Å². The fraction of sp³-hybridized carbons (Fsp3) is 0.500. The average molecular weight is 294 g/mol. The van der Waals surface area contributed by atoms with Crippen molar-refractivity contribution in [2.24, 2.45) is 11.1 Å². The first kappa shape index (κ1) is 13.6. The Morgan fingerprint density at radius 2 is 2.10 bits per heavy atom. The van der Waals surface area contributed by atoms with Crippen LogP contribution in [0.1, 0.15) is 31.2 Å². The Bertz CT molecular complexity index is 650. The largest absolute Gasteiger partial charge is 0.312 e. The second kappa shape index (κ2) is 4.86. The molecule has 20 heavy (non-hydrogen) atoms. The van der Waals surface area contributed by atoms with Crippen molar-refractivity contribution in [1.29, 1.82) is 0 Å². The highest BCUT2D eigenvalue weighted by Crippen LogP contribution is 2.34. The zero-order valence-corrected chi connectivity index (χ0v) is 12.0. The van der Waals surface area contributed by atoms with Gasteiger partial charge in [-0.3, -0.25) is 4.79 Å². The van der Waals surface area contributed by atoms with E-state index in [1.165, 1.54) is 12.5 Å². The Morgan fingerprint density at radius 1 is 1.35 bits per heavy atom. The minimum atomic E-state index is -3.68. The topological polar surface area (TPSA) is 80.5 Å². The van der Waals surface area contributed by atoms with Crippen LogP contribution in [0.5, 0.6) is 0 Å². The molecule has 1 fully saturated rings. The van der Waals surface area contributed by atoms with Crippen molar-refractivity contribution in [3.63, 3.8) is 0 Å². The Labute approximate surface area is 118 Å². The van der Waals surface area contributed by atoms with Crippen LogP contribution >= 0.6 is 0 Å². The number of sulfonamides is 1. The fourth-order valence-electron chi connectivity index (χ4n) is 2.87. The van der Waals surface area contributed by atoms with Gasteiger partial charge in [0.25, 0.3) is 0 Å². The van der Waals surface area contributed by atoms with E-state index in [0.717, 1.165) is 24.1 Å². The molecular weight excluding hydrogens is 276 g/mol. The van der Waals surface area contributed by atoms with Crippen LogP contribution in [0.2, 0.25) is 0 Å². The number of hydrogen-bond acceptors (Lipinski definition) is 3. The third-order valence-corrected chi connectivity index (χ3v) is 5.18. The summed E-state index contributed by atoms with van der Waals surface area (Å²) in [6.07, 6.45) is 4.82. The van der Waals surface area contributed by atoms with Gasteiger partial charge >= 0.3 is 0 Å². The number of hydrogen-bond donors (Lipinski definition) is 1. The van der Waals surface area contributed by atoms with E-state index in [2.05, 4.69) is 0 Å². The third kappa shape index (κ3) is 2.45. The minimum Gasteiger partial charge on any atom is -0.312 e. The number of carbonyl (C=O) groups excluding carboxylic acids is 1. The number of nitrogens with zero attached hydrogens (tertiary/aromatic N) is 1. The van der Waals surface area contributed by atoms with E-state index in [0.29, 0.717) is 25.3 Å². The molecule has 0 bridgehead atoms. The number of anilines is 1. The predicted octanol–water partition coefficient (Wildman–Crippen LogP) is 1.41. The van der Waals surface area contributed by atoms with E-state index in [9.17, 15) is 13.2 Å². The Hall–Kier alpha value is -1.40. The van der Waals surface area contributed by atoms with E-state index in [4.69, 9.17) is 5.14 Å². The van der Waals surface area contributed by atoms with Gasteiger partial charge in [-0.1, -0.05) is 6.42 Å². The van der Waals surface area contributed by atoms with Crippen LogP contribution in [0.15, 0.2) is 23.1 Å². The molecule has 0 atom stereocenters. The summed E-state index contributed by atoms with van der Waals surface area (Å²) in [4.78, 5) is 14.2. The van der Waals surface area contributed by atoms with Crippen molar-refractivity contribution >= 4 is 21.6 Å². The van der Waals surface area contributed by atoms with Gasteiger partial charge in [0.1, 0.15) is 0 Å². The summed E-state index contributed by atoms with van der Waals surface area (Å²) in [7, 11) is -3.68. The monoisotopic (exact) mass is 294 g/mol. The number of primary sulfonamides is 1. The first-order valence-electron chi connectivity index (χ1n) is 6.91. The third-order valence-electron chi connectivity index (χ3n) is 4.26. The maximum Gasteiger partial charge on any atom is 0.238 e. The molecule has 2 N–H and O–H groups in total. The van der Waals surface area contributed by atoms with Gasteiger partial charge < -0.3 is 4.90 Å². The van der Waals surface area contributed by atoms with Crippen LogP contribution in [-0.4, -0.2) is 20.9 Å². The first-order chi connectivity index (χ1) is 9.45. The Morgan fingerprint density at radius 3 is 2.70 bits per heavy atom. The first-order valence-corrected chi connectivity index (χ1v) is 8.46. The smallest absolute Gasteiger partial charge is 0.238 e. The fourth-order valence-corrected chi connectivity index (χ4v) is 3.43. The lowest BCUT2D eigenvalue weighted by Gasteiger charge is -2.27. The number of fused-ring (bicyclic) bond motifs is 1. The van der Waals surface area contributed by atoms with Crippen LogP contribution in [-0.2, 0) is 21.2 Å². The van der Waals surface area contributed by atoms with Crippen LogP contribution in [0.25, 0.3) is 0 Å². The molecular formula is C14H18N2O3S. The molecule has 0 spiro atoms. The van der Waals surface area contributed by atoms with Crippen LogP contribution < -0.4 is 10.0 Å². The molecule has 1 saturated carbocycles. The summed E-state index contributed by atoms with van der Waals surface area (Å²) in [5, 5.41) is 5.13. The highest BCUT2D eigenvalue weighted by molar-refractivity contribution is 7.89. The highest BCUT2D eigenvalue weighted by atomic mass is 32.2. The van der Waals surface area contributed by atoms with Gasteiger partial charge in [-0.25, -0.2) is 13.6 Å². The van der Waals surface area contributed by atoms with Crippen molar-refractivity contribution in [3.8, 4) is 0 Å². The SMILES string of the molecule is NS(=O)(=O)c1ccc2c(c1)CCN2C(=O)CC1CCC1. The van der Waals surface area contributed by atoms with Crippen molar-refractivity contribution in [3.05, 3.63) is 23.8 Å². The lowest BCUT2D eigenvalue weighted by Crippen LogP contribution is -2.31. The van der Waals surface area contributed by atoms with Crippen LogP contribution in [0.4, 0.5) is 5.69 Å². The molecule has 0 aromatic heterocycles. The number of benzene rings is 1. The van der Waals surface area contributed by atoms with E-state index in [1.807, 2.05) is 0 Å². The summed E-state index contributed by atoms with van der Waals surface area (Å²) in [6, 6.07) is 4.76. The second-order valence-electron chi connectivity index (χ2n) is 5.63. The molecule has 0 saturated heterocycles. The number of amides is 1. The molecule has 1 aliphatic heterocycles. The maximum atomic E-state index is 12.3. The predicted molar refractivity (Wildman–Crippen MR) is 75.8 cm³/mol. The van der Waals surface area contributed by atoms with Crippen molar-refractivity contribution in [1.82, 2.24) is 0 Å². The van der Waals surface area contributed by atoms with Crippen molar-refractivity contribution in [2.45, 2.75) is 37.0 Å². The number of carbonyl (C=O) groups is 1. The molecule has 0 unspecified atom stereocenters. The molecule has 1 heterocycles. The van der Waals surface area contributed by atoms with Gasteiger partial charge in [-0.2, -0.15) is 0 Å². The molecule has 1 amide bonds. The summed E-state index contributed by atoms with van der Waals surface area (Å²) >= 11 is 0. The van der Waals surface area contributed by atoms with Crippen molar-refractivity contribution < 1.29 is 13.2 Å². The quantitative estimate of drug-likeness (QED) is 0.915. The highest BCUT2D eigenvalue weighted by Gasteiger charge is 2.29. The Kier molecular flexibility index (Phi) is 3.30. The molecule has 0 radical (unpaired) electrons. The molecule has 2 aliphatic rings. The molecule has 1 aromatic rings. The van der Waals surface area contributed by atoms with Gasteiger partial charge in [0.15, 0.2) is 0 Å². The number of rotatable bonds is 3. The lowest BCUT2D eigenvalue weighted by atomic mass is 9.82. The standard InChI is InChI=1S/C14H18N2O3S/c15-20(18,19)12-4-5-13-11(9-12)6-7-16(13)14(17)8-10-2-1-3-10/h4-5,9-10H,1-3,6-8H2,(H2,15,18,19). The molecule has 3 rings (SSSR count). The zero-order valence-electron chi connectivity index (χ0n) is 11.2. The van der Waals surface area contributed by atoms with Gasteiger partial charge in [0.2, 0.25) is 15.9 Å².